The van der Waals surface area contributed by atoms with Crippen molar-refractivity contribution in [2.24, 2.45) is 65.8 Å². The van der Waals surface area contributed by atoms with Crippen LogP contribution in [0.2, 0.25) is 0 Å². The van der Waals surface area contributed by atoms with Gasteiger partial charge in [0.1, 0.15) is 48.3 Å². The van der Waals surface area contributed by atoms with Crippen molar-refractivity contribution in [1.82, 2.24) is 46.2 Å². The molecule has 4 rings (SSSR count). The van der Waals surface area contributed by atoms with Crippen LogP contribution in [0.4, 0.5) is 0 Å². The second-order valence-corrected chi connectivity index (χ2v) is 21.7. The third-order valence-corrected chi connectivity index (χ3v) is 15.1. The number of carbonyl (C=O) groups excluding carboxylic acids is 9. The van der Waals surface area contributed by atoms with E-state index in [1.54, 1.807) is 0 Å². The molecule has 9 amide bonds. The van der Waals surface area contributed by atoms with E-state index in [1.807, 2.05) is 6.92 Å². The van der Waals surface area contributed by atoms with Crippen molar-refractivity contribution < 1.29 is 57.4 Å². The Labute approximate surface area is 508 Å². The van der Waals surface area contributed by atoms with E-state index < -0.39 is 95.6 Å². The Bertz CT molecular complexity index is 2400. The second-order valence-electron chi connectivity index (χ2n) is 21.7. The maximum Gasteiger partial charge on any atom is 0.245 e. The molecule has 0 radical (unpaired) electrons. The van der Waals surface area contributed by atoms with Crippen molar-refractivity contribution in [3.63, 3.8) is 0 Å². The highest BCUT2D eigenvalue weighted by Crippen LogP contribution is 2.26. The lowest BCUT2D eigenvalue weighted by Crippen LogP contribution is -2.59. The number of hydrogen-bond acceptors (Lipinski definition) is 16. The summed E-state index contributed by atoms with van der Waals surface area (Å²) >= 11 is 0. The topological polar surface area (TPSA) is 512 Å². The van der Waals surface area contributed by atoms with E-state index in [2.05, 4.69) is 46.6 Å². The maximum absolute atomic E-state index is 14.8. The molecule has 87 heavy (non-hydrogen) atoms. The monoisotopic (exact) mass is 1230 g/mol. The quantitative estimate of drug-likeness (QED) is 0.0156. The fourth-order valence-electron chi connectivity index (χ4n) is 11.1. The van der Waals surface area contributed by atoms with E-state index in [0.717, 1.165) is 0 Å². The lowest BCUT2D eigenvalue weighted by molar-refractivity contribution is -0.146. The standard InChI is InChI=1S/C54H97N21O12/c1-3-85-30-31-87-33-32-86-29-24-63-43(77)39-16-8-25-72(39)48(82)36(13-5-21-65-52(57)58)69-45(79)41-18-10-27-74(41)50(84)38(15-7-23-67-54(61)62)71-46(80)42-19-11-28-75(42)49(83)37(14-6-22-66-53(59)60)70-44(78)40-17-9-26-73(40)47(81)35(68-34(2)76)12-4-20-64-51(55)56/h35-42H,3-33H2,1-2H3,(H,63,77)(H,68,76)(H,69,79)(H,70,78)(H,71,80)(H4,55,56,64)(H4,57,58,65)(H4,59,60,66)(H4,61,62,67)/t35?,36?,37?,38?,39-,40?,41?,42-/m1/s1. The largest absolute Gasteiger partial charge is 0.379 e. The van der Waals surface area contributed by atoms with Crippen molar-refractivity contribution >= 4 is 77.0 Å². The number of amides is 9. The third kappa shape index (κ3) is 24.5. The molecule has 33 nitrogen and oxygen atoms in total. The molecule has 4 aliphatic heterocycles. The first-order valence-corrected chi connectivity index (χ1v) is 30.3. The van der Waals surface area contributed by atoms with Gasteiger partial charge in [0, 0.05) is 72.4 Å². The normalized spacial score (nSPS) is 19.4. The molecule has 490 valence electrons. The second kappa shape index (κ2) is 38.4. The van der Waals surface area contributed by atoms with E-state index >= 15 is 0 Å². The minimum atomic E-state index is -1.24. The predicted molar refractivity (Wildman–Crippen MR) is 323 cm³/mol. The molecule has 0 aromatic carbocycles. The number of hydrogen-bond donors (Lipinski definition) is 13. The highest BCUT2D eigenvalue weighted by molar-refractivity contribution is 5.99. The van der Waals surface area contributed by atoms with E-state index in [-0.39, 0.29) is 159 Å². The van der Waals surface area contributed by atoms with E-state index in [1.165, 1.54) is 26.5 Å². The Kier molecular flexibility index (Phi) is 31.6. The lowest BCUT2D eigenvalue weighted by atomic mass is 10.0. The highest BCUT2D eigenvalue weighted by Gasteiger charge is 2.45. The van der Waals surface area contributed by atoms with Gasteiger partial charge in [0.15, 0.2) is 23.8 Å². The molecule has 0 aromatic rings. The fourth-order valence-corrected chi connectivity index (χ4v) is 11.1. The van der Waals surface area contributed by atoms with Crippen LogP contribution in [0.5, 0.6) is 0 Å². The predicted octanol–water partition coefficient (Wildman–Crippen LogP) is -5.69. The van der Waals surface area contributed by atoms with Gasteiger partial charge in [0.25, 0.3) is 0 Å². The summed E-state index contributed by atoms with van der Waals surface area (Å²) in [6.07, 6.45) is 4.31. The van der Waals surface area contributed by atoms with Gasteiger partial charge >= 0.3 is 0 Å². The van der Waals surface area contributed by atoms with Crippen LogP contribution in [0, 0.1) is 0 Å². The number of rotatable bonds is 38. The number of carbonyl (C=O) groups is 9. The van der Waals surface area contributed by atoms with E-state index in [9.17, 15) is 43.2 Å². The number of aliphatic imine (C=N–C) groups is 4. The number of ether oxygens (including phenoxy) is 3. The lowest BCUT2D eigenvalue weighted by Gasteiger charge is -2.33. The van der Waals surface area contributed by atoms with Gasteiger partial charge < -0.3 is 106 Å². The van der Waals surface area contributed by atoms with Gasteiger partial charge in [-0.15, -0.1) is 0 Å². The van der Waals surface area contributed by atoms with E-state index in [4.69, 9.17) is 60.1 Å². The summed E-state index contributed by atoms with van der Waals surface area (Å²) in [4.78, 5) is 149. The van der Waals surface area contributed by atoms with Crippen molar-refractivity contribution in [2.75, 3.05) is 98.5 Å². The van der Waals surface area contributed by atoms with Crippen molar-refractivity contribution in [3.8, 4) is 0 Å². The zero-order valence-electron chi connectivity index (χ0n) is 50.6. The average molecular weight is 1230 g/mol. The summed E-state index contributed by atoms with van der Waals surface area (Å²) in [5, 5.41) is 14.1. The zero-order chi connectivity index (χ0) is 63.8. The third-order valence-electron chi connectivity index (χ3n) is 15.1. The molecule has 4 heterocycles. The summed E-state index contributed by atoms with van der Waals surface area (Å²) in [5.74, 6) is -5.53. The molecule has 33 heteroatoms. The minimum Gasteiger partial charge on any atom is -0.379 e. The molecule has 0 saturated carbocycles. The van der Waals surface area contributed by atoms with Gasteiger partial charge in [0.05, 0.1) is 33.0 Å². The van der Waals surface area contributed by atoms with Gasteiger partial charge in [-0.3, -0.25) is 63.1 Å². The number of nitrogens with two attached hydrogens (primary N) is 8. The first-order valence-electron chi connectivity index (χ1n) is 30.3. The molecule has 21 N–H and O–H groups in total. The molecular weight excluding hydrogens is 1130 g/mol. The van der Waals surface area contributed by atoms with Crippen molar-refractivity contribution in [3.05, 3.63) is 0 Å². The van der Waals surface area contributed by atoms with Crippen LogP contribution < -0.4 is 72.5 Å². The molecule has 0 aliphatic carbocycles. The Hall–Kier alpha value is -7.81. The minimum absolute atomic E-state index is 0.0197. The van der Waals surface area contributed by atoms with Crippen LogP contribution in [0.3, 0.4) is 0 Å². The Morgan fingerprint density at radius 3 is 0.977 bits per heavy atom. The SMILES string of the molecule is CCOCCOCCOCCNC(=O)[C@H]1CCCN1C(=O)C(CCCN=C(N)N)NC(=O)C1CCCN1C(=O)C(CCCN=C(N)N)NC(=O)[C@H]1CCCN1C(=O)C(CCCN=C(N)N)NC(=O)C1CCCN1C(=O)C(CCCN=C(N)N)NC(C)=O. The maximum atomic E-state index is 14.8. The van der Waals surface area contributed by atoms with Crippen LogP contribution in [-0.2, 0) is 57.4 Å². The first kappa shape index (κ1) is 71.7. The molecular formula is C54H97N21O12. The number of guanidine groups is 4. The van der Waals surface area contributed by atoms with Gasteiger partial charge in [-0.1, -0.05) is 0 Å². The molecule has 4 saturated heterocycles. The van der Waals surface area contributed by atoms with Crippen molar-refractivity contribution in [1.29, 1.82) is 0 Å². The number of nitrogens with zero attached hydrogens (tertiary/aromatic N) is 8. The molecule has 0 spiro atoms. The average Bonchev–Trinajstić information content (AvgIpc) is 3.15. The summed E-state index contributed by atoms with van der Waals surface area (Å²) < 4.78 is 16.3. The van der Waals surface area contributed by atoms with E-state index in [0.29, 0.717) is 71.6 Å². The Morgan fingerprint density at radius 2 is 0.690 bits per heavy atom. The van der Waals surface area contributed by atoms with Gasteiger partial charge in [-0.05, 0) is 110 Å². The Morgan fingerprint density at radius 1 is 0.414 bits per heavy atom. The zero-order valence-corrected chi connectivity index (χ0v) is 50.6. The molecule has 4 aliphatic rings. The van der Waals surface area contributed by atoms with Crippen LogP contribution in [0.1, 0.15) is 117 Å². The molecule has 0 aromatic heterocycles. The van der Waals surface area contributed by atoms with Gasteiger partial charge in [-0.2, -0.15) is 0 Å². The molecule has 6 unspecified atom stereocenters. The number of nitrogens with one attached hydrogen (secondary N) is 5. The van der Waals surface area contributed by atoms with Gasteiger partial charge in [-0.25, -0.2) is 0 Å². The van der Waals surface area contributed by atoms with Crippen LogP contribution >= 0.6 is 0 Å². The van der Waals surface area contributed by atoms with Crippen LogP contribution in [-0.4, -0.2) is 243 Å². The molecule has 4 fully saturated rings. The number of likely N-dealkylation sites (tertiary alicyclic amines) is 4. The molecule has 0 bridgehead atoms. The van der Waals surface area contributed by atoms with Crippen LogP contribution in [0.25, 0.3) is 0 Å². The summed E-state index contributed by atoms with van der Waals surface area (Å²) in [7, 11) is 0. The van der Waals surface area contributed by atoms with Crippen molar-refractivity contribution in [2.45, 2.75) is 165 Å². The summed E-state index contributed by atoms with van der Waals surface area (Å²) in [6.45, 7) is 7.05. The molecule has 8 atom stereocenters. The smallest absolute Gasteiger partial charge is 0.245 e. The summed E-state index contributed by atoms with van der Waals surface area (Å²) in [6, 6.07) is -8.54. The fraction of sp³-hybridized carbons (Fsp3) is 0.759. The Balaban J connectivity index is 1.51. The van der Waals surface area contributed by atoms with Gasteiger partial charge in [0.2, 0.25) is 53.2 Å². The first-order chi connectivity index (χ1) is 41.6. The summed E-state index contributed by atoms with van der Waals surface area (Å²) in [5.41, 5.74) is 44.5. The van der Waals surface area contributed by atoms with Crippen LogP contribution in [0.15, 0.2) is 20.0 Å². The highest BCUT2D eigenvalue weighted by atomic mass is 16.5.